The van der Waals surface area contributed by atoms with E-state index in [0.717, 1.165) is 25.2 Å². The normalized spacial score (nSPS) is 10.6. The summed E-state index contributed by atoms with van der Waals surface area (Å²) < 4.78 is 5.22. The second-order valence-electron chi connectivity index (χ2n) is 4.49. The van der Waals surface area contributed by atoms with Crippen molar-refractivity contribution in [3.8, 4) is 5.75 Å². The first kappa shape index (κ1) is 15.5. The minimum atomic E-state index is -0.0762. The molecule has 4 heteroatoms. The average molecular weight is 264 g/mol. The molecule has 0 atom stereocenters. The molecule has 1 amide bonds. The Morgan fingerprint density at radius 3 is 2.58 bits per heavy atom. The second kappa shape index (κ2) is 7.79. The zero-order chi connectivity index (χ0) is 14.3. The van der Waals surface area contributed by atoms with Gasteiger partial charge in [0.15, 0.2) is 0 Å². The summed E-state index contributed by atoms with van der Waals surface area (Å²) in [6.07, 6.45) is 0. The van der Waals surface area contributed by atoms with Gasteiger partial charge in [0.05, 0.1) is 12.7 Å². The van der Waals surface area contributed by atoms with E-state index in [1.54, 1.807) is 7.11 Å². The minimum absolute atomic E-state index is 0.0762. The van der Waals surface area contributed by atoms with E-state index in [0.29, 0.717) is 17.9 Å². The van der Waals surface area contributed by atoms with Gasteiger partial charge >= 0.3 is 0 Å². The summed E-state index contributed by atoms with van der Waals surface area (Å²) in [6, 6.07) is 5.62. The number of hydrogen-bond donors (Lipinski definition) is 1. The molecule has 0 bridgehead atoms. The van der Waals surface area contributed by atoms with E-state index in [2.05, 4.69) is 24.1 Å². The lowest BCUT2D eigenvalue weighted by molar-refractivity contribution is 0.0946. The lowest BCUT2D eigenvalue weighted by Gasteiger charge is -2.18. The third-order valence-corrected chi connectivity index (χ3v) is 3.21. The second-order valence-corrected chi connectivity index (χ2v) is 4.49. The number of carbonyl (C=O) groups is 1. The molecule has 1 aromatic carbocycles. The fourth-order valence-electron chi connectivity index (χ4n) is 1.96. The zero-order valence-electron chi connectivity index (χ0n) is 12.3. The molecule has 0 radical (unpaired) electrons. The van der Waals surface area contributed by atoms with Gasteiger partial charge in [-0.2, -0.15) is 0 Å². The van der Waals surface area contributed by atoms with Gasteiger partial charge in [0.1, 0.15) is 5.75 Å². The molecule has 0 fully saturated rings. The predicted octanol–water partition coefficient (Wildman–Crippen LogP) is 2.08. The number of hydrogen-bond acceptors (Lipinski definition) is 3. The topological polar surface area (TPSA) is 41.6 Å². The maximum atomic E-state index is 12.1. The van der Waals surface area contributed by atoms with Gasteiger partial charge in [-0.1, -0.05) is 25.5 Å². The Kier molecular flexibility index (Phi) is 6.36. The van der Waals surface area contributed by atoms with Crippen LogP contribution in [0.4, 0.5) is 0 Å². The van der Waals surface area contributed by atoms with Crippen molar-refractivity contribution in [1.82, 2.24) is 10.2 Å². The molecular formula is C15H24N2O2. The van der Waals surface area contributed by atoms with Gasteiger partial charge in [-0.3, -0.25) is 4.79 Å². The van der Waals surface area contributed by atoms with Crippen LogP contribution in [-0.4, -0.2) is 44.1 Å². The van der Waals surface area contributed by atoms with Gasteiger partial charge < -0.3 is 15.0 Å². The van der Waals surface area contributed by atoms with Gasteiger partial charge in [0.25, 0.3) is 5.91 Å². The molecule has 0 heterocycles. The Labute approximate surface area is 115 Å². The van der Waals surface area contributed by atoms with Gasteiger partial charge in [-0.15, -0.1) is 0 Å². The molecule has 0 saturated heterocycles. The minimum Gasteiger partial charge on any atom is -0.496 e. The van der Waals surface area contributed by atoms with Crippen molar-refractivity contribution < 1.29 is 9.53 Å². The van der Waals surface area contributed by atoms with E-state index >= 15 is 0 Å². The molecular weight excluding hydrogens is 240 g/mol. The van der Waals surface area contributed by atoms with Crippen molar-refractivity contribution in [2.75, 3.05) is 33.3 Å². The van der Waals surface area contributed by atoms with E-state index in [4.69, 9.17) is 4.74 Å². The van der Waals surface area contributed by atoms with Crippen molar-refractivity contribution in [3.63, 3.8) is 0 Å². The van der Waals surface area contributed by atoms with Crippen LogP contribution in [0.25, 0.3) is 0 Å². The van der Waals surface area contributed by atoms with Crippen LogP contribution < -0.4 is 10.1 Å². The summed E-state index contributed by atoms with van der Waals surface area (Å²) in [7, 11) is 1.58. The quantitative estimate of drug-likeness (QED) is 0.820. The SMILES string of the molecule is CCN(CC)CCNC(=O)c1cc(C)ccc1OC. The molecule has 106 valence electrons. The van der Waals surface area contributed by atoms with Crippen LogP contribution in [0.2, 0.25) is 0 Å². The first-order valence-electron chi connectivity index (χ1n) is 6.77. The third kappa shape index (κ3) is 4.56. The highest BCUT2D eigenvalue weighted by atomic mass is 16.5. The number of aryl methyl sites for hydroxylation is 1. The Hall–Kier alpha value is -1.55. The number of likely N-dealkylation sites (N-methyl/N-ethyl adjacent to an activating group) is 1. The highest BCUT2D eigenvalue weighted by molar-refractivity contribution is 5.97. The number of benzene rings is 1. The van der Waals surface area contributed by atoms with Crippen molar-refractivity contribution in [3.05, 3.63) is 29.3 Å². The van der Waals surface area contributed by atoms with Gasteiger partial charge in [0, 0.05) is 13.1 Å². The molecule has 1 aromatic rings. The smallest absolute Gasteiger partial charge is 0.255 e. The number of carbonyl (C=O) groups excluding carboxylic acids is 1. The Morgan fingerprint density at radius 2 is 2.00 bits per heavy atom. The van der Waals surface area contributed by atoms with Crippen molar-refractivity contribution in [2.45, 2.75) is 20.8 Å². The van der Waals surface area contributed by atoms with Crippen LogP contribution in [-0.2, 0) is 0 Å². The Bertz CT molecular complexity index is 415. The molecule has 0 aliphatic carbocycles. The van der Waals surface area contributed by atoms with E-state index in [1.807, 2.05) is 25.1 Å². The molecule has 0 unspecified atom stereocenters. The number of ether oxygens (including phenoxy) is 1. The number of nitrogens with one attached hydrogen (secondary N) is 1. The summed E-state index contributed by atoms with van der Waals surface area (Å²) in [5.41, 5.74) is 1.65. The van der Waals surface area contributed by atoms with E-state index in [1.165, 1.54) is 0 Å². The molecule has 0 saturated carbocycles. The first-order chi connectivity index (χ1) is 9.12. The fourth-order valence-corrected chi connectivity index (χ4v) is 1.96. The maximum absolute atomic E-state index is 12.1. The number of methoxy groups -OCH3 is 1. The Morgan fingerprint density at radius 1 is 1.32 bits per heavy atom. The number of rotatable bonds is 7. The van der Waals surface area contributed by atoms with Crippen LogP contribution >= 0.6 is 0 Å². The molecule has 0 aromatic heterocycles. The first-order valence-corrected chi connectivity index (χ1v) is 6.77. The number of amides is 1. The van der Waals surface area contributed by atoms with Crippen LogP contribution in [0.1, 0.15) is 29.8 Å². The number of nitrogens with zero attached hydrogens (tertiary/aromatic N) is 1. The van der Waals surface area contributed by atoms with Gasteiger partial charge in [-0.05, 0) is 32.1 Å². The fraction of sp³-hybridized carbons (Fsp3) is 0.533. The van der Waals surface area contributed by atoms with Crippen LogP contribution in [0.3, 0.4) is 0 Å². The highest BCUT2D eigenvalue weighted by Crippen LogP contribution is 2.19. The van der Waals surface area contributed by atoms with Crippen molar-refractivity contribution in [2.24, 2.45) is 0 Å². The summed E-state index contributed by atoms with van der Waals surface area (Å²) in [5, 5.41) is 2.94. The van der Waals surface area contributed by atoms with E-state index in [-0.39, 0.29) is 5.91 Å². The lowest BCUT2D eigenvalue weighted by Crippen LogP contribution is -2.34. The standard InChI is InChI=1S/C15H24N2O2/c1-5-17(6-2)10-9-16-15(18)13-11-12(3)7-8-14(13)19-4/h7-8,11H,5-6,9-10H2,1-4H3,(H,16,18). The summed E-state index contributed by atoms with van der Waals surface area (Å²) in [4.78, 5) is 14.4. The van der Waals surface area contributed by atoms with E-state index in [9.17, 15) is 4.79 Å². The summed E-state index contributed by atoms with van der Waals surface area (Å²) in [5.74, 6) is 0.540. The van der Waals surface area contributed by atoms with Crippen molar-refractivity contribution >= 4 is 5.91 Å². The average Bonchev–Trinajstić information content (AvgIpc) is 2.43. The maximum Gasteiger partial charge on any atom is 0.255 e. The largest absolute Gasteiger partial charge is 0.496 e. The third-order valence-electron chi connectivity index (χ3n) is 3.21. The highest BCUT2D eigenvalue weighted by Gasteiger charge is 2.12. The van der Waals surface area contributed by atoms with Crippen LogP contribution in [0, 0.1) is 6.92 Å². The lowest BCUT2D eigenvalue weighted by atomic mass is 10.1. The van der Waals surface area contributed by atoms with Gasteiger partial charge in [-0.25, -0.2) is 0 Å². The van der Waals surface area contributed by atoms with E-state index < -0.39 is 0 Å². The molecule has 0 aliphatic heterocycles. The molecule has 4 nitrogen and oxygen atoms in total. The van der Waals surface area contributed by atoms with Gasteiger partial charge in [0.2, 0.25) is 0 Å². The molecule has 0 aliphatic rings. The Balaban J connectivity index is 2.60. The van der Waals surface area contributed by atoms with Crippen molar-refractivity contribution in [1.29, 1.82) is 0 Å². The predicted molar refractivity (Wildman–Crippen MR) is 77.9 cm³/mol. The summed E-state index contributed by atoms with van der Waals surface area (Å²) in [6.45, 7) is 9.72. The molecule has 0 spiro atoms. The van der Waals surface area contributed by atoms with Crippen LogP contribution in [0.5, 0.6) is 5.75 Å². The summed E-state index contributed by atoms with van der Waals surface area (Å²) >= 11 is 0. The monoisotopic (exact) mass is 264 g/mol. The van der Waals surface area contributed by atoms with Crippen LogP contribution in [0.15, 0.2) is 18.2 Å². The zero-order valence-corrected chi connectivity index (χ0v) is 12.3. The molecule has 19 heavy (non-hydrogen) atoms. The molecule has 1 N–H and O–H groups in total. The molecule has 1 rings (SSSR count).